The summed E-state index contributed by atoms with van der Waals surface area (Å²) >= 11 is 1.41. The number of carbonyl (C=O) groups excluding carboxylic acids is 1. The highest BCUT2D eigenvalue weighted by Gasteiger charge is 2.21. The zero-order chi connectivity index (χ0) is 17.4. The molecule has 0 saturated carbocycles. The SMILES string of the molecule is Cc1nc(C(C)C)sc1C(=O)N(C)c1ccc(S(C)(=O)=O)cc1. The molecule has 1 amide bonds. The zero-order valence-electron chi connectivity index (χ0n) is 13.8. The van der Waals surface area contributed by atoms with Crippen molar-refractivity contribution in [3.63, 3.8) is 0 Å². The Bertz CT molecular complexity index is 822. The van der Waals surface area contributed by atoms with Crippen LogP contribution < -0.4 is 4.90 Å². The second-order valence-electron chi connectivity index (χ2n) is 5.75. The second kappa shape index (κ2) is 6.41. The third-order valence-corrected chi connectivity index (χ3v) is 6.03. The fourth-order valence-electron chi connectivity index (χ4n) is 2.05. The summed E-state index contributed by atoms with van der Waals surface area (Å²) in [7, 11) is -1.57. The molecule has 0 aliphatic carbocycles. The van der Waals surface area contributed by atoms with Gasteiger partial charge in [0.1, 0.15) is 4.88 Å². The fraction of sp³-hybridized carbons (Fsp3) is 0.375. The fourth-order valence-corrected chi connectivity index (χ4v) is 3.72. The molecule has 124 valence electrons. The minimum atomic E-state index is -3.24. The Balaban J connectivity index is 2.29. The molecule has 1 aromatic heterocycles. The van der Waals surface area contributed by atoms with Gasteiger partial charge in [-0.25, -0.2) is 13.4 Å². The van der Waals surface area contributed by atoms with Crippen molar-refractivity contribution in [3.8, 4) is 0 Å². The van der Waals surface area contributed by atoms with Crippen LogP contribution in [0.4, 0.5) is 5.69 Å². The Kier molecular flexibility index (Phi) is 4.91. The molecule has 1 heterocycles. The minimum Gasteiger partial charge on any atom is -0.311 e. The lowest BCUT2D eigenvalue weighted by atomic mass is 10.2. The Morgan fingerprint density at radius 2 is 1.78 bits per heavy atom. The van der Waals surface area contributed by atoms with Crippen LogP contribution in [0.1, 0.15) is 40.1 Å². The third-order valence-electron chi connectivity index (χ3n) is 3.46. The Morgan fingerprint density at radius 3 is 2.22 bits per heavy atom. The number of aromatic nitrogens is 1. The number of aryl methyl sites for hydroxylation is 1. The number of carbonyl (C=O) groups is 1. The van der Waals surface area contributed by atoms with Crippen molar-refractivity contribution in [2.75, 3.05) is 18.2 Å². The number of benzene rings is 1. The molecule has 0 saturated heterocycles. The first kappa shape index (κ1) is 17.6. The first-order valence-electron chi connectivity index (χ1n) is 7.16. The van der Waals surface area contributed by atoms with Crippen LogP contribution in [0, 0.1) is 6.92 Å². The van der Waals surface area contributed by atoms with Crippen LogP contribution in [-0.4, -0.2) is 32.6 Å². The molecule has 0 radical (unpaired) electrons. The highest BCUT2D eigenvalue weighted by atomic mass is 32.2. The van der Waals surface area contributed by atoms with Gasteiger partial charge in [0.2, 0.25) is 0 Å². The maximum absolute atomic E-state index is 12.7. The Morgan fingerprint density at radius 1 is 1.22 bits per heavy atom. The van der Waals surface area contributed by atoms with Gasteiger partial charge in [-0.15, -0.1) is 11.3 Å². The first-order valence-corrected chi connectivity index (χ1v) is 9.87. The van der Waals surface area contributed by atoms with Crippen LogP contribution >= 0.6 is 11.3 Å². The molecule has 0 atom stereocenters. The van der Waals surface area contributed by atoms with Gasteiger partial charge in [-0.2, -0.15) is 0 Å². The molecule has 0 fully saturated rings. The molecule has 2 aromatic rings. The summed E-state index contributed by atoms with van der Waals surface area (Å²) in [6, 6.07) is 6.28. The molecule has 2 rings (SSSR count). The summed E-state index contributed by atoms with van der Waals surface area (Å²) in [4.78, 5) is 19.5. The minimum absolute atomic E-state index is 0.140. The lowest BCUT2D eigenvalue weighted by Crippen LogP contribution is -2.26. The smallest absolute Gasteiger partial charge is 0.270 e. The van der Waals surface area contributed by atoms with Gasteiger partial charge in [-0.1, -0.05) is 13.8 Å². The number of nitrogens with zero attached hydrogens (tertiary/aromatic N) is 2. The number of sulfone groups is 1. The Hall–Kier alpha value is -1.73. The van der Waals surface area contributed by atoms with Gasteiger partial charge < -0.3 is 4.90 Å². The number of hydrogen-bond acceptors (Lipinski definition) is 5. The monoisotopic (exact) mass is 352 g/mol. The van der Waals surface area contributed by atoms with Crippen LogP contribution in [0.25, 0.3) is 0 Å². The van der Waals surface area contributed by atoms with Gasteiger partial charge in [0, 0.05) is 24.9 Å². The maximum atomic E-state index is 12.7. The predicted octanol–water partition coefficient (Wildman–Crippen LogP) is 3.26. The van der Waals surface area contributed by atoms with Crippen LogP contribution in [0.3, 0.4) is 0 Å². The van der Waals surface area contributed by atoms with Crippen LogP contribution in [0.2, 0.25) is 0 Å². The molecule has 0 bridgehead atoms. The van der Waals surface area contributed by atoms with E-state index in [-0.39, 0.29) is 16.7 Å². The van der Waals surface area contributed by atoms with Crippen molar-refractivity contribution in [2.45, 2.75) is 31.6 Å². The van der Waals surface area contributed by atoms with Gasteiger partial charge in [0.25, 0.3) is 5.91 Å². The summed E-state index contributed by atoms with van der Waals surface area (Å²) < 4.78 is 23.0. The lowest BCUT2D eigenvalue weighted by molar-refractivity contribution is 0.0996. The van der Waals surface area contributed by atoms with E-state index < -0.39 is 9.84 Å². The summed E-state index contributed by atoms with van der Waals surface area (Å²) in [6.45, 7) is 5.91. The molecular formula is C16H20N2O3S2. The van der Waals surface area contributed by atoms with E-state index in [1.165, 1.54) is 28.4 Å². The summed E-state index contributed by atoms with van der Waals surface area (Å²) in [5, 5.41) is 0.937. The van der Waals surface area contributed by atoms with Gasteiger partial charge in [0.15, 0.2) is 9.84 Å². The molecule has 1 aromatic carbocycles. The third kappa shape index (κ3) is 3.79. The van der Waals surface area contributed by atoms with Crippen molar-refractivity contribution in [3.05, 3.63) is 39.8 Å². The summed E-state index contributed by atoms with van der Waals surface area (Å²) in [5.74, 6) is 0.138. The molecule has 0 aliphatic heterocycles. The van der Waals surface area contributed by atoms with Gasteiger partial charge >= 0.3 is 0 Å². The van der Waals surface area contributed by atoms with Gasteiger partial charge in [-0.05, 0) is 31.2 Å². The van der Waals surface area contributed by atoms with E-state index in [4.69, 9.17) is 0 Å². The van der Waals surface area contributed by atoms with Crippen LogP contribution in [0.15, 0.2) is 29.2 Å². The normalized spacial score (nSPS) is 11.7. The first-order chi connectivity index (χ1) is 10.6. The lowest BCUT2D eigenvalue weighted by Gasteiger charge is -2.17. The van der Waals surface area contributed by atoms with E-state index in [0.29, 0.717) is 10.6 Å². The summed E-state index contributed by atoms with van der Waals surface area (Å²) in [6.07, 6.45) is 1.16. The van der Waals surface area contributed by atoms with E-state index in [9.17, 15) is 13.2 Å². The number of amides is 1. The zero-order valence-corrected chi connectivity index (χ0v) is 15.5. The largest absolute Gasteiger partial charge is 0.311 e. The topological polar surface area (TPSA) is 67.3 Å². The van der Waals surface area contributed by atoms with E-state index >= 15 is 0 Å². The Labute approximate surface area is 140 Å². The van der Waals surface area contributed by atoms with Crippen molar-refractivity contribution in [1.29, 1.82) is 0 Å². The molecule has 5 nitrogen and oxygen atoms in total. The van der Waals surface area contributed by atoms with E-state index in [1.807, 2.05) is 20.8 Å². The molecule has 0 spiro atoms. The highest BCUT2D eigenvalue weighted by molar-refractivity contribution is 7.90. The molecule has 0 N–H and O–H groups in total. The number of anilines is 1. The highest BCUT2D eigenvalue weighted by Crippen LogP contribution is 2.27. The molecule has 23 heavy (non-hydrogen) atoms. The molecule has 0 aliphatic rings. The van der Waals surface area contributed by atoms with Gasteiger partial charge in [-0.3, -0.25) is 4.79 Å². The van der Waals surface area contributed by atoms with E-state index in [0.717, 1.165) is 17.0 Å². The standard InChI is InChI=1S/C16H20N2O3S2/c1-10(2)15-17-11(3)14(22-15)16(19)18(4)12-6-8-13(9-7-12)23(5,20)21/h6-10H,1-5H3. The average molecular weight is 352 g/mol. The maximum Gasteiger partial charge on any atom is 0.270 e. The van der Waals surface area contributed by atoms with Crippen LogP contribution in [-0.2, 0) is 9.84 Å². The van der Waals surface area contributed by atoms with Crippen LogP contribution in [0.5, 0.6) is 0 Å². The number of rotatable bonds is 4. The predicted molar refractivity (Wildman–Crippen MR) is 93.2 cm³/mol. The van der Waals surface area contributed by atoms with Crippen molar-refractivity contribution >= 4 is 32.8 Å². The number of hydrogen-bond donors (Lipinski definition) is 0. The van der Waals surface area contributed by atoms with Crippen molar-refractivity contribution < 1.29 is 13.2 Å². The quantitative estimate of drug-likeness (QED) is 0.847. The molecule has 0 unspecified atom stereocenters. The van der Waals surface area contributed by atoms with Crippen molar-refractivity contribution in [1.82, 2.24) is 4.98 Å². The summed E-state index contributed by atoms with van der Waals surface area (Å²) in [5.41, 5.74) is 1.37. The molecular weight excluding hydrogens is 332 g/mol. The average Bonchev–Trinajstić information content (AvgIpc) is 2.87. The molecule has 7 heteroatoms. The number of thiazole rings is 1. The second-order valence-corrected chi connectivity index (χ2v) is 8.80. The van der Waals surface area contributed by atoms with E-state index in [1.54, 1.807) is 19.2 Å². The van der Waals surface area contributed by atoms with Crippen molar-refractivity contribution in [2.24, 2.45) is 0 Å². The van der Waals surface area contributed by atoms with Gasteiger partial charge in [0.05, 0.1) is 15.6 Å². The van der Waals surface area contributed by atoms with E-state index in [2.05, 4.69) is 4.98 Å².